The third kappa shape index (κ3) is 3.08. The van der Waals surface area contributed by atoms with Crippen LogP contribution >= 0.6 is 22.6 Å². The van der Waals surface area contributed by atoms with Crippen LogP contribution in [0, 0.1) is 3.57 Å². The number of likely N-dealkylation sites (N-methyl/N-ethyl adjacent to an activating group) is 1. The van der Waals surface area contributed by atoms with E-state index in [-0.39, 0.29) is 30.4 Å². The van der Waals surface area contributed by atoms with E-state index in [0.717, 1.165) is 3.57 Å². The lowest BCUT2D eigenvalue weighted by atomic mass is 10.1. The second-order valence-corrected chi connectivity index (χ2v) is 4.52. The zero-order valence-corrected chi connectivity index (χ0v) is 11.1. The Morgan fingerprint density at radius 2 is 2.19 bits per heavy atom. The van der Waals surface area contributed by atoms with E-state index in [4.69, 9.17) is 5.11 Å². The van der Waals surface area contributed by atoms with E-state index in [1.165, 1.54) is 11.0 Å². The molecular weight excluding hydrogens is 321 g/mol. The first-order valence-electron chi connectivity index (χ1n) is 4.98. The van der Waals surface area contributed by atoms with Gasteiger partial charge in [-0.1, -0.05) is 0 Å². The second kappa shape index (κ2) is 6.05. The molecule has 0 aliphatic carbocycles. The van der Waals surface area contributed by atoms with Gasteiger partial charge < -0.3 is 15.1 Å². The highest BCUT2D eigenvalue weighted by Gasteiger charge is 2.17. The van der Waals surface area contributed by atoms with Crippen molar-refractivity contribution in [2.45, 2.75) is 6.92 Å². The van der Waals surface area contributed by atoms with Crippen molar-refractivity contribution < 1.29 is 15.0 Å². The maximum Gasteiger partial charge on any atom is 0.257 e. The van der Waals surface area contributed by atoms with Crippen molar-refractivity contribution in [1.82, 2.24) is 4.90 Å². The van der Waals surface area contributed by atoms with Crippen LogP contribution in [-0.2, 0) is 0 Å². The molecule has 0 fully saturated rings. The number of benzene rings is 1. The Morgan fingerprint density at radius 3 is 2.75 bits per heavy atom. The van der Waals surface area contributed by atoms with Crippen LogP contribution in [0.1, 0.15) is 17.3 Å². The maximum absolute atomic E-state index is 12.0. The summed E-state index contributed by atoms with van der Waals surface area (Å²) in [5.74, 6) is -0.283. The first-order valence-corrected chi connectivity index (χ1v) is 6.06. The smallest absolute Gasteiger partial charge is 0.257 e. The van der Waals surface area contributed by atoms with Crippen LogP contribution in [-0.4, -0.2) is 40.7 Å². The van der Waals surface area contributed by atoms with Crippen molar-refractivity contribution >= 4 is 28.5 Å². The second-order valence-electron chi connectivity index (χ2n) is 3.27. The highest BCUT2D eigenvalue weighted by Crippen LogP contribution is 2.21. The van der Waals surface area contributed by atoms with Crippen molar-refractivity contribution in [3.05, 3.63) is 27.3 Å². The van der Waals surface area contributed by atoms with Crippen molar-refractivity contribution in [2.75, 3.05) is 19.7 Å². The Balaban J connectivity index is 2.98. The molecule has 2 N–H and O–H groups in total. The lowest BCUT2D eigenvalue weighted by molar-refractivity contribution is 0.0729. The SMILES string of the molecule is CCN(CCO)C(=O)c1cc(I)ccc1O. The van der Waals surface area contributed by atoms with Gasteiger partial charge in [-0.3, -0.25) is 4.79 Å². The molecule has 0 saturated carbocycles. The molecule has 5 heteroatoms. The highest BCUT2D eigenvalue weighted by molar-refractivity contribution is 14.1. The van der Waals surface area contributed by atoms with Crippen LogP contribution in [0.3, 0.4) is 0 Å². The molecule has 0 heterocycles. The van der Waals surface area contributed by atoms with E-state index in [0.29, 0.717) is 6.54 Å². The Hall–Kier alpha value is -0.820. The Bertz CT molecular complexity index is 381. The quantitative estimate of drug-likeness (QED) is 0.819. The number of carbonyl (C=O) groups excluding carboxylic acids is 1. The number of aliphatic hydroxyl groups excluding tert-OH is 1. The van der Waals surface area contributed by atoms with Crippen molar-refractivity contribution in [2.24, 2.45) is 0 Å². The molecule has 16 heavy (non-hydrogen) atoms. The Kier molecular flexibility index (Phi) is 5.01. The number of aliphatic hydroxyl groups is 1. The number of amides is 1. The Labute approximate surface area is 108 Å². The summed E-state index contributed by atoms with van der Waals surface area (Å²) < 4.78 is 0.888. The molecule has 0 saturated heterocycles. The van der Waals surface area contributed by atoms with E-state index >= 15 is 0 Å². The summed E-state index contributed by atoms with van der Waals surface area (Å²) in [6, 6.07) is 4.87. The van der Waals surface area contributed by atoms with E-state index in [1.807, 2.05) is 6.92 Å². The van der Waals surface area contributed by atoms with Gasteiger partial charge in [0.05, 0.1) is 12.2 Å². The third-order valence-electron chi connectivity index (χ3n) is 2.23. The lowest BCUT2D eigenvalue weighted by Crippen LogP contribution is -2.33. The van der Waals surface area contributed by atoms with Crippen LogP contribution < -0.4 is 0 Å². The van der Waals surface area contributed by atoms with Gasteiger partial charge in [0.2, 0.25) is 0 Å². The summed E-state index contributed by atoms with van der Waals surface area (Å²) in [6.07, 6.45) is 0. The van der Waals surface area contributed by atoms with E-state index < -0.39 is 0 Å². The topological polar surface area (TPSA) is 60.8 Å². The first-order chi connectivity index (χ1) is 7.60. The average Bonchev–Trinajstić information content (AvgIpc) is 2.28. The minimum Gasteiger partial charge on any atom is -0.507 e. The molecule has 0 aliphatic rings. The van der Waals surface area contributed by atoms with Crippen molar-refractivity contribution in [3.8, 4) is 5.75 Å². The lowest BCUT2D eigenvalue weighted by Gasteiger charge is -2.20. The van der Waals surface area contributed by atoms with Crippen LogP contribution in [0.2, 0.25) is 0 Å². The predicted molar refractivity (Wildman–Crippen MR) is 69.5 cm³/mol. The zero-order chi connectivity index (χ0) is 12.1. The molecule has 4 nitrogen and oxygen atoms in total. The Morgan fingerprint density at radius 1 is 1.50 bits per heavy atom. The van der Waals surface area contributed by atoms with Gasteiger partial charge >= 0.3 is 0 Å². The average molecular weight is 335 g/mol. The van der Waals surface area contributed by atoms with Gasteiger partial charge in [-0.2, -0.15) is 0 Å². The minimum absolute atomic E-state index is 0.0261. The molecule has 1 amide bonds. The number of hydrogen-bond acceptors (Lipinski definition) is 3. The van der Waals surface area contributed by atoms with E-state index in [2.05, 4.69) is 22.6 Å². The fourth-order valence-corrected chi connectivity index (χ4v) is 1.87. The third-order valence-corrected chi connectivity index (χ3v) is 2.90. The number of aromatic hydroxyl groups is 1. The fraction of sp³-hybridized carbons (Fsp3) is 0.364. The monoisotopic (exact) mass is 335 g/mol. The molecule has 1 rings (SSSR count). The summed E-state index contributed by atoms with van der Waals surface area (Å²) in [6.45, 7) is 2.54. The number of halogens is 1. The maximum atomic E-state index is 12.0. The number of nitrogens with zero attached hydrogens (tertiary/aromatic N) is 1. The molecule has 0 unspecified atom stereocenters. The van der Waals surface area contributed by atoms with Gasteiger partial charge in [-0.05, 0) is 47.7 Å². The van der Waals surface area contributed by atoms with Gasteiger partial charge in [0.1, 0.15) is 5.75 Å². The zero-order valence-electron chi connectivity index (χ0n) is 8.98. The summed E-state index contributed by atoms with van der Waals surface area (Å²) >= 11 is 2.08. The molecule has 0 atom stereocenters. The van der Waals surface area contributed by atoms with Crippen LogP contribution in [0.5, 0.6) is 5.75 Å². The van der Waals surface area contributed by atoms with Crippen LogP contribution in [0.4, 0.5) is 0 Å². The van der Waals surface area contributed by atoms with Gasteiger partial charge in [0, 0.05) is 16.7 Å². The summed E-state index contributed by atoms with van der Waals surface area (Å²) in [4.78, 5) is 13.5. The summed E-state index contributed by atoms with van der Waals surface area (Å²) in [7, 11) is 0. The predicted octanol–water partition coefficient (Wildman–Crippen LogP) is 1.45. The molecule has 1 aromatic carbocycles. The normalized spacial score (nSPS) is 10.2. The molecule has 1 aromatic rings. The largest absolute Gasteiger partial charge is 0.507 e. The molecule has 0 spiro atoms. The standard InChI is InChI=1S/C11H14INO3/c1-2-13(5-6-14)11(16)9-7-8(12)3-4-10(9)15/h3-4,7,14-15H,2,5-6H2,1H3. The molecule has 0 aromatic heterocycles. The molecule has 88 valence electrons. The van der Waals surface area contributed by atoms with Crippen molar-refractivity contribution in [1.29, 1.82) is 0 Å². The minimum atomic E-state index is -0.257. The van der Waals surface area contributed by atoms with E-state index in [1.54, 1.807) is 12.1 Å². The first kappa shape index (κ1) is 13.2. The number of phenolic OH excluding ortho intramolecular Hbond substituents is 1. The molecule has 0 aliphatic heterocycles. The van der Waals surface area contributed by atoms with Gasteiger partial charge in [0.25, 0.3) is 5.91 Å². The van der Waals surface area contributed by atoms with Gasteiger partial charge in [-0.15, -0.1) is 0 Å². The number of hydrogen-bond donors (Lipinski definition) is 2. The summed E-state index contributed by atoms with van der Waals surface area (Å²) in [5, 5.41) is 18.4. The fourth-order valence-electron chi connectivity index (χ4n) is 1.37. The number of rotatable bonds is 4. The van der Waals surface area contributed by atoms with Crippen LogP contribution in [0.25, 0.3) is 0 Å². The van der Waals surface area contributed by atoms with Crippen molar-refractivity contribution in [3.63, 3.8) is 0 Å². The van der Waals surface area contributed by atoms with Gasteiger partial charge in [0.15, 0.2) is 0 Å². The number of carbonyl (C=O) groups is 1. The highest BCUT2D eigenvalue weighted by atomic mass is 127. The molecular formula is C11H14INO3. The molecule has 0 radical (unpaired) electrons. The van der Waals surface area contributed by atoms with Gasteiger partial charge in [-0.25, -0.2) is 0 Å². The van der Waals surface area contributed by atoms with Crippen LogP contribution in [0.15, 0.2) is 18.2 Å². The molecule has 0 bridgehead atoms. The van der Waals surface area contributed by atoms with E-state index in [9.17, 15) is 9.90 Å². The number of phenols is 1. The summed E-state index contributed by atoms with van der Waals surface area (Å²) in [5.41, 5.74) is 0.280.